The smallest absolute Gasteiger partial charge is 0.270 e. The number of carbonyl (C=O) groups is 2. The van der Waals surface area contributed by atoms with Gasteiger partial charge in [-0.3, -0.25) is 14.5 Å². The second-order valence-corrected chi connectivity index (χ2v) is 8.36. The molecule has 7 heteroatoms. The summed E-state index contributed by atoms with van der Waals surface area (Å²) in [6.07, 6.45) is 3.53. The molecule has 0 radical (unpaired) electrons. The van der Waals surface area contributed by atoms with Gasteiger partial charge in [0.1, 0.15) is 11.2 Å². The molecule has 5 rings (SSSR count). The Kier molecular flexibility index (Phi) is 4.35. The second kappa shape index (κ2) is 6.91. The van der Waals surface area contributed by atoms with Crippen LogP contribution in [0.15, 0.2) is 48.7 Å². The van der Waals surface area contributed by atoms with E-state index in [0.29, 0.717) is 12.7 Å². The lowest BCUT2D eigenvalue weighted by Crippen LogP contribution is -2.65. The first-order chi connectivity index (χ1) is 14.1. The van der Waals surface area contributed by atoms with Crippen LogP contribution in [0.2, 0.25) is 0 Å². The number of likely N-dealkylation sites (tertiary alicyclic amines) is 2. The lowest BCUT2D eigenvalue weighted by atomic mass is 9.84. The zero-order valence-electron chi connectivity index (χ0n) is 16.8. The average molecular weight is 393 g/mol. The molecule has 1 aromatic carbocycles. The highest BCUT2D eigenvalue weighted by Crippen LogP contribution is 2.37. The maximum Gasteiger partial charge on any atom is 0.270 e. The molecule has 2 aromatic rings. The highest BCUT2D eigenvalue weighted by atomic mass is 16.2. The normalized spacial score (nSPS) is 22.0. The third-order valence-electron chi connectivity index (χ3n) is 6.86. The van der Waals surface area contributed by atoms with Crippen molar-refractivity contribution < 1.29 is 9.59 Å². The minimum absolute atomic E-state index is 0.104. The van der Waals surface area contributed by atoms with Gasteiger partial charge >= 0.3 is 0 Å². The molecular weight excluding hydrogens is 366 g/mol. The monoisotopic (exact) mass is 393 g/mol. The number of hydrogen-bond donors (Lipinski definition) is 1. The van der Waals surface area contributed by atoms with Crippen molar-refractivity contribution in [2.75, 3.05) is 37.7 Å². The molecular formula is C22H27N5O2. The van der Waals surface area contributed by atoms with Gasteiger partial charge in [0, 0.05) is 51.2 Å². The summed E-state index contributed by atoms with van der Waals surface area (Å²) in [6.45, 7) is 3.88. The zero-order chi connectivity index (χ0) is 20.0. The van der Waals surface area contributed by atoms with Crippen LogP contribution >= 0.6 is 0 Å². The number of anilines is 1. The van der Waals surface area contributed by atoms with Crippen molar-refractivity contribution in [3.63, 3.8) is 0 Å². The Morgan fingerprint density at radius 2 is 1.79 bits per heavy atom. The third kappa shape index (κ3) is 2.92. The van der Waals surface area contributed by atoms with E-state index < -0.39 is 5.54 Å². The standard InChI is InChI=1S/C22H27N5O2/c1-24-11-5-8-19(24)20(28)26-14-18(15-26)25-12-9-22(10-13-25)21(29)23-16-27(22)17-6-3-2-4-7-17/h2-8,11,18H,9-10,12-16H2,1H3,(H,23,29). The number of carbonyl (C=O) groups excluding carboxylic acids is 2. The van der Waals surface area contributed by atoms with Crippen molar-refractivity contribution in [2.45, 2.75) is 24.4 Å². The molecule has 3 fully saturated rings. The summed E-state index contributed by atoms with van der Waals surface area (Å²) in [6, 6.07) is 14.4. The summed E-state index contributed by atoms with van der Waals surface area (Å²) in [4.78, 5) is 32.0. The van der Waals surface area contributed by atoms with E-state index in [2.05, 4.69) is 27.2 Å². The van der Waals surface area contributed by atoms with Gasteiger partial charge in [0.15, 0.2) is 0 Å². The van der Waals surface area contributed by atoms with Crippen LogP contribution in [0.5, 0.6) is 0 Å². The number of benzene rings is 1. The van der Waals surface area contributed by atoms with Gasteiger partial charge in [-0.25, -0.2) is 0 Å². The Morgan fingerprint density at radius 3 is 2.45 bits per heavy atom. The van der Waals surface area contributed by atoms with E-state index in [4.69, 9.17) is 0 Å². The first-order valence-corrected chi connectivity index (χ1v) is 10.3. The number of amides is 2. The number of aryl methyl sites for hydroxylation is 1. The van der Waals surface area contributed by atoms with Crippen molar-refractivity contribution in [1.82, 2.24) is 19.7 Å². The van der Waals surface area contributed by atoms with Gasteiger partial charge in [-0.1, -0.05) is 18.2 Å². The van der Waals surface area contributed by atoms with Crippen molar-refractivity contribution in [2.24, 2.45) is 7.05 Å². The maximum absolute atomic E-state index is 12.8. The van der Waals surface area contributed by atoms with E-state index in [1.165, 1.54) is 0 Å². The van der Waals surface area contributed by atoms with Gasteiger partial charge in [-0.2, -0.15) is 0 Å². The first-order valence-electron chi connectivity index (χ1n) is 10.3. The van der Waals surface area contributed by atoms with Crippen LogP contribution in [0.4, 0.5) is 5.69 Å². The second-order valence-electron chi connectivity index (χ2n) is 8.36. The van der Waals surface area contributed by atoms with Crippen molar-refractivity contribution in [1.29, 1.82) is 0 Å². The summed E-state index contributed by atoms with van der Waals surface area (Å²) >= 11 is 0. The fourth-order valence-electron chi connectivity index (χ4n) is 4.99. The highest BCUT2D eigenvalue weighted by molar-refractivity contribution is 5.94. The van der Waals surface area contributed by atoms with E-state index in [1.807, 2.05) is 53.0 Å². The van der Waals surface area contributed by atoms with Gasteiger partial charge in [0.2, 0.25) is 5.91 Å². The molecule has 3 aliphatic heterocycles. The molecule has 1 spiro atoms. The van der Waals surface area contributed by atoms with Crippen LogP contribution in [0.1, 0.15) is 23.3 Å². The van der Waals surface area contributed by atoms with Gasteiger partial charge in [-0.05, 0) is 37.1 Å². The number of nitrogens with one attached hydrogen (secondary N) is 1. The summed E-state index contributed by atoms with van der Waals surface area (Å²) in [5.74, 6) is 0.253. The molecule has 4 heterocycles. The van der Waals surface area contributed by atoms with Crippen molar-refractivity contribution >= 4 is 17.5 Å². The lowest BCUT2D eigenvalue weighted by Gasteiger charge is -2.50. The fraction of sp³-hybridized carbons (Fsp3) is 0.455. The minimum Gasteiger partial charge on any atom is -0.347 e. The van der Waals surface area contributed by atoms with E-state index in [-0.39, 0.29) is 11.8 Å². The van der Waals surface area contributed by atoms with Gasteiger partial charge < -0.3 is 19.7 Å². The number of piperidine rings is 1. The Bertz CT molecular complexity index is 910. The number of nitrogens with zero attached hydrogens (tertiary/aromatic N) is 4. The van der Waals surface area contributed by atoms with Gasteiger partial charge in [0.05, 0.1) is 6.67 Å². The predicted molar refractivity (Wildman–Crippen MR) is 111 cm³/mol. The summed E-state index contributed by atoms with van der Waals surface area (Å²) in [5, 5.41) is 3.06. The molecule has 29 heavy (non-hydrogen) atoms. The van der Waals surface area contributed by atoms with Crippen LogP contribution < -0.4 is 10.2 Å². The SMILES string of the molecule is Cn1cccc1C(=O)N1CC(N2CCC3(CC2)C(=O)NCN3c2ccccc2)C1. The Labute approximate surface area is 170 Å². The van der Waals surface area contributed by atoms with E-state index in [9.17, 15) is 9.59 Å². The summed E-state index contributed by atoms with van der Waals surface area (Å²) in [5.41, 5.74) is 1.39. The fourth-order valence-corrected chi connectivity index (χ4v) is 4.99. The number of rotatable bonds is 3. The number of para-hydroxylation sites is 1. The molecule has 152 valence electrons. The Balaban J connectivity index is 1.22. The Hall–Kier alpha value is -2.80. The molecule has 1 aromatic heterocycles. The topological polar surface area (TPSA) is 60.8 Å². The quantitative estimate of drug-likeness (QED) is 0.854. The van der Waals surface area contributed by atoms with Gasteiger partial charge in [0.25, 0.3) is 5.91 Å². The largest absolute Gasteiger partial charge is 0.347 e. The number of hydrogen-bond acceptors (Lipinski definition) is 4. The van der Waals surface area contributed by atoms with E-state index >= 15 is 0 Å². The average Bonchev–Trinajstić information content (AvgIpc) is 3.27. The van der Waals surface area contributed by atoms with Crippen LogP contribution in [0.25, 0.3) is 0 Å². The molecule has 7 nitrogen and oxygen atoms in total. The maximum atomic E-state index is 12.8. The molecule has 3 saturated heterocycles. The molecule has 3 aliphatic rings. The minimum atomic E-state index is -0.444. The molecule has 2 amide bonds. The number of aromatic nitrogens is 1. The third-order valence-corrected chi connectivity index (χ3v) is 6.86. The summed E-state index contributed by atoms with van der Waals surface area (Å²) < 4.78 is 1.87. The van der Waals surface area contributed by atoms with Crippen LogP contribution in [0, 0.1) is 0 Å². The highest BCUT2D eigenvalue weighted by Gasteiger charge is 2.51. The van der Waals surface area contributed by atoms with Crippen LogP contribution in [-0.2, 0) is 11.8 Å². The van der Waals surface area contributed by atoms with Crippen LogP contribution in [0.3, 0.4) is 0 Å². The molecule has 0 saturated carbocycles. The van der Waals surface area contributed by atoms with E-state index in [0.717, 1.165) is 50.4 Å². The molecule has 0 atom stereocenters. The zero-order valence-corrected chi connectivity index (χ0v) is 16.8. The van der Waals surface area contributed by atoms with Crippen molar-refractivity contribution in [3.05, 3.63) is 54.4 Å². The lowest BCUT2D eigenvalue weighted by molar-refractivity contribution is -0.125. The molecule has 0 aliphatic carbocycles. The summed E-state index contributed by atoms with van der Waals surface area (Å²) in [7, 11) is 1.90. The van der Waals surface area contributed by atoms with E-state index in [1.54, 1.807) is 0 Å². The predicted octanol–water partition coefficient (Wildman–Crippen LogP) is 1.28. The van der Waals surface area contributed by atoms with Crippen LogP contribution in [-0.4, -0.2) is 70.6 Å². The molecule has 1 N–H and O–H groups in total. The first kappa shape index (κ1) is 18.2. The molecule has 0 unspecified atom stereocenters. The van der Waals surface area contributed by atoms with Crippen molar-refractivity contribution in [3.8, 4) is 0 Å². The van der Waals surface area contributed by atoms with Gasteiger partial charge in [-0.15, -0.1) is 0 Å². The Morgan fingerprint density at radius 1 is 1.07 bits per heavy atom. The molecule has 0 bridgehead atoms.